The summed E-state index contributed by atoms with van der Waals surface area (Å²) >= 11 is 0. The maximum absolute atomic E-state index is 12.5. The number of hydrogen-bond donors (Lipinski definition) is 2. The van der Waals surface area contributed by atoms with Gasteiger partial charge >= 0.3 is 6.03 Å². The van der Waals surface area contributed by atoms with Gasteiger partial charge in [0.1, 0.15) is 11.8 Å². The van der Waals surface area contributed by atoms with Crippen molar-refractivity contribution < 1.29 is 19.1 Å². The van der Waals surface area contributed by atoms with Gasteiger partial charge < -0.3 is 15.4 Å². The molecule has 1 aliphatic heterocycles. The van der Waals surface area contributed by atoms with Crippen LogP contribution in [-0.2, 0) is 22.6 Å². The number of methoxy groups -OCH3 is 1. The zero-order valence-electron chi connectivity index (χ0n) is 16.4. The van der Waals surface area contributed by atoms with Gasteiger partial charge in [-0.15, -0.1) is 0 Å². The van der Waals surface area contributed by atoms with Gasteiger partial charge in [-0.25, -0.2) is 4.79 Å². The highest BCUT2D eigenvalue weighted by Crippen LogP contribution is 2.17. The number of hydrogen-bond acceptors (Lipinski definition) is 4. The molecule has 3 rings (SSSR count). The van der Waals surface area contributed by atoms with Crippen molar-refractivity contribution >= 4 is 17.8 Å². The van der Waals surface area contributed by atoms with Crippen molar-refractivity contribution in [2.24, 2.45) is 0 Å². The molecule has 29 heavy (non-hydrogen) atoms. The number of ether oxygens (including phenoxy) is 1. The van der Waals surface area contributed by atoms with E-state index in [1.807, 2.05) is 42.5 Å². The first kappa shape index (κ1) is 20.4. The minimum Gasteiger partial charge on any atom is -0.497 e. The average molecular weight is 395 g/mol. The summed E-state index contributed by atoms with van der Waals surface area (Å²) in [4.78, 5) is 37.9. The van der Waals surface area contributed by atoms with E-state index < -0.39 is 12.1 Å². The molecule has 0 spiro atoms. The van der Waals surface area contributed by atoms with Gasteiger partial charge in [0.2, 0.25) is 5.91 Å². The Morgan fingerprint density at radius 2 is 1.79 bits per heavy atom. The summed E-state index contributed by atoms with van der Waals surface area (Å²) in [6.07, 6.45) is 1.21. The third kappa shape index (κ3) is 5.57. The maximum Gasteiger partial charge on any atom is 0.325 e. The summed E-state index contributed by atoms with van der Waals surface area (Å²) in [6, 6.07) is 16.0. The molecule has 0 bridgehead atoms. The van der Waals surface area contributed by atoms with Crippen LogP contribution >= 0.6 is 0 Å². The van der Waals surface area contributed by atoms with Crippen LogP contribution in [0.25, 0.3) is 0 Å². The van der Waals surface area contributed by atoms with Crippen molar-refractivity contribution in [3.05, 3.63) is 65.7 Å². The summed E-state index contributed by atoms with van der Waals surface area (Å²) in [6.45, 7) is 0.728. The Morgan fingerprint density at radius 1 is 1.07 bits per heavy atom. The van der Waals surface area contributed by atoms with E-state index in [0.717, 1.165) is 17.5 Å². The predicted molar refractivity (Wildman–Crippen MR) is 108 cm³/mol. The molecule has 4 amide bonds. The molecule has 1 aliphatic rings. The normalized spacial score (nSPS) is 15.9. The lowest BCUT2D eigenvalue weighted by molar-refractivity contribution is -0.128. The summed E-state index contributed by atoms with van der Waals surface area (Å²) < 4.78 is 5.11. The van der Waals surface area contributed by atoms with E-state index in [0.29, 0.717) is 12.3 Å². The molecule has 1 heterocycles. The van der Waals surface area contributed by atoms with Gasteiger partial charge in [-0.05, 0) is 36.1 Å². The molecule has 0 saturated carbocycles. The van der Waals surface area contributed by atoms with Gasteiger partial charge in [0.05, 0.1) is 13.7 Å². The lowest BCUT2D eigenvalue weighted by Gasteiger charge is -2.13. The zero-order valence-corrected chi connectivity index (χ0v) is 16.4. The predicted octanol–water partition coefficient (Wildman–Crippen LogP) is 2.25. The van der Waals surface area contributed by atoms with Crippen LogP contribution in [-0.4, -0.2) is 42.4 Å². The Balaban J connectivity index is 1.43. The van der Waals surface area contributed by atoms with Crippen molar-refractivity contribution in [1.29, 1.82) is 0 Å². The fraction of sp³-hybridized carbons (Fsp3) is 0.318. The standard InChI is InChI=1S/C22H25N3O4/c1-29-18-9-7-17(8-10-18)15-25-21(27)19(24-22(25)28)11-12-20(26)23-14-13-16-5-3-2-4-6-16/h2-10,19H,11-15H2,1H3,(H,23,26)(H,24,28)/t19-/m0/s1. The number of rotatable bonds is 9. The molecule has 2 N–H and O–H groups in total. The maximum atomic E-state index is 12.5. The highest BCUT2D eigenvalue weighted by Gasteiger charge is 2.37. The third-order valence-corrected chi connectivity index (χ3v) is 4.85. The van der Waals surface area contributed by atoms with Crippen molar-refractivity contribution in [3.8, 4) is 5.75 Å². The Labute approximate surface area is 170 Å². The van der Waals surface area contributed by atoms with Crippen molar-refractivity contribution in [3.63, 3.8) is 0 Å². The average Bonchev–Trinajstić information content (AvgIpc) is 3.01. The van der Waals surface area contributed by atoms with Crippen molar-refractivity contribution in [2.45, 2.75) is 31.8 Å². The molecule has 152 valence electrons. The summed E-state index contributed by atoms with van der Waals surface area (Å²) in [5.74, 6) is 0.279. The highest BCUT2D eigenvalue weighted by molar-refractivity contribution is 6.04. The Bertz CT molecular complexity index is 852. The molecule has 1 atom stereocenters. The molecule has 7 heteroatoms. The number of urea groups is 1. The van der Waals surface area contributed by atoms with E-state index in [2.05, 4.69) is 10.6 Å². The van der Waals surface area contributed by atoms with Crippen molar-refractivity contribution in [1.82, 2.24) is 15.5 Å². The number of amides is 4. The van der Waals surface area contributed by atoms with Gasteiger partial charge in [-0.2, -0.15) is 0 Å². The van der Waals surface area contributed by atoms with Crippen LogP contribution in [0.2, 0.25) is 0 Å². The second-order valence-electron chi connectivity index (χ2n) is 6.90. The summed E-state index contributed by atoms with van der Waals surface area (Å²) in [5.41, 5.74) is 1.98. The lowest BCUT2D eigenvalue weighted by atomic mass is 10.1. The van der Waals surface area contributed by atoms with Crippen LogP contribution in [0.15, 0.2) is 54.6 Å². The number of imide groups is 1. The Morgan fingerprint density at radius 3 is 2.48 bits per heavy atom. The van der Waals surface area contributed by atoms with Crippen LogP contribution in [0.3, 0.4) is 0 Å². The number of carbonyl (C=O) groups is 3. The molecule has 2 aromatic carbocycles. The van der Waals surface area contributed by atoms with E-state index in [1.54, 1.807) is 19.2 Å². The van der Waals surface area contributed by atoms with Crippen LogP contribution in [0.1, 0.15) is 24.0 Å². The van der Waals surface area contributed by atoms with Gasteiger partial charge in [0.15, 0.2) is 0 Å². The van der Waals surface area contributed by atoms with Crippen LogP contribution < -0.4 is 15.4 Å². The van der Waals surface area contributed by atoms with Crippen LogP contribution in [0.5, 0.6) is 5.75 Å². The fourth-order valence-electron chi connectivity index (χ4n) is 3.19. The van der Waals surface area contributed by atoms with E-state index >= 15 is 0 Å². The van der Waals surface area contributed by atoms with Crippen LogP contribution in [0.4, 0.5) is 4.79 Å². The smallest absolute Gasteiger partial charge is 0.325 e. The van der Waals surface area contributed by atoms with E-state index in [4.69, 9.17) is 4.74 Å². The molecule has 0 aliphatic carbocycles. The van der Waals surface area contributed by atoms with Gasteiger partial charge in [-0.3, -0.25) is 14.5 Å². The first-order valence-electron chi connectivity index (χ1n) is 9.62. The largest absolute Gasteiger partial charge is 0.497 e. The SMILES string of the molecule is COc1ccc(CN2C(=O)N[C@@H](CCC(=O)NCCc3ccccc3)C2=O)cc1. The fourth-order valence-corrected chi connectivity index (χ4v) is 3.19. The molecule has 0 radical (unpaired) electrons. The molecular formula is C22H25N3O4. The molecular weight excluding hydrogens is 370 g/mol. The van der Waals surface area contributed by atoms with Gasteiger partial charge in [-0.1, -0.05) is 42.5 Å². The lowest BCUT2D eigenvalue weighted by Crippen LogP contribution is -2.33. The molecule has 7 nitrogen and oxygen atoms in total. The molecule has 0 aromatic heterocycles. The molecule has 2 aromatic rings. The van der Waals surface area contributed by atoms with Gasteiger partial charge in [0, 0.05) is 13.0 Å². The Kier molecular flexibility index (Phi) is 6.84. The third-order valence-electron chi connectivity index (χ3n) is 4.85. The van der Waals surface area contributed by atoms with E-state index in [9.17, 15) is 14.4 Å². The number of nitrogens with one attached hydrogen (secondary N) is 2. The first-order chi connectivity index (χ1) is 14.1. The summed E-state index contributed by atoms with van der Waals surface area (Å²) in [5, 5.41) is 5.52. The minimum absolute atomic E-state index is 0.128. The second kappa shape index (κ2) is 9.73. The monoisotopic (exact) mass is 395 g/mol. The molecule has 1 fully saturated rings. The quantitative estimate of drug-likeness (QED) is 0.638. The zero-order chi connectivity index (χ0) is 20.6. The number of carbonyl (C=O) groups excluding carboxylic acids is 3. The highest BCUT2D eigenvalue weighted by atomic mass is 16.5. The van der Waals surface area contributed by atoms with E-state index in [1.165, 1.54) is 4.90 Å². The minimum atomic E-state index is -0.666. The first-order valence-corrected chi connectivity index (χ1v) is 9.62. The molecule has 1 saturated heterocycles. The number of benzene rings is 2. The topological polar surface area (TPSA) is 87.7 Å². The Hall–Kier alpha value is -3.35. The second-order valence-corrected chi connectivity index (χ2v) is 6.90. The van der Waals surface area contributed by atoms with E-state index in [-0.39, 0.29) is 31.2 Å². The van der Waals surface area contributed by atoms with Crippen molar-refractivity contribution in [2.75, 3.05) is 13.7 Å². The molecule has 0 unspecified atom stereocenters. The number of nitrogens with zero attached hydrogens (tertiary/aromatic N) is 1. The van der Waals surface area contributed by atoms with Crippen LogP contribution in [0, 0.1) is 0 Å². The summed E-state index contributed by atoms with van der Waals surface area (Å²) in [7, 11) is 1.58. The van der Waals surface area contributed by atoms with Gasteiger partial charge in [0.25, 0.3) is 5.91 Å².